The molecule has 1 amide bonds. The average molecular weight is 377 g/mol. The van der Waals surface area contributed by atoms with Crippen LogP contribution in [0.25, 0.3) is 0 Å². The molecule has 2 heterocycles. The first kappa shape index (κ1) is 19.2. The number of piperidine rings is 1. The van der Waals surface area contributed by atoms with E-state index in [9.17, 15) is 14.3 Å². The third-order valence-corrected chi connectivity index (χ3v) is 4.65. The number of aromatic amines is 1. The minimum atomic E-state index is -0.874. The summed E-state index contributed by atoms with van der Waals surface area (Å²) in [6, 6.07) is 5.71. The number of nitrogens with one attached hydrogen (secondary N) is 1. The molecule has 1 saturated heterocycles. The largest absolute Gasteiger partial charge is 0.493 e. The van der Waals surface area contributed by atoms with Gasteiger partial charge in [0.2, 0.25) is 0 Å². The number of likely N-dealkylation sites (tertiary alicyclic amines) is 1. The van der Waals surface area contributed by atoms with Crippen molar-refractivity contribution in [3.05, 3.63) is 41.5 Å². The summed E-state index contributed by atoms with van der Waals surface area (Å²) in [7, 11) is 1.43. The van der Waals surface area contributed by atoms with Gasteiger partial charge in [-0.15, -0.1) is 0 Å². The number of nitrogens with zero attached hydrogens (tertiary/aromatic N) is 2. The summed E-state index contributed by atoms with van der Waals surface area (Å²) in [5.41, 5.74) is 1.23. The maximum atomic E-state index is 13.3. The van der Waals surface area contributed by atoms with Gasteiger partial charge in [0, 0.05) is 24.7 Å². The SMILES string of the molecule is COc1cc(F)ccc1O[C@@H]1CCN(C(=O)c2cc(C(C)C)[nH]n2)C[C@H]1O. The van der Waals surface area contributed by atoms with Crippen LogP contribution >= 0.6 is 0 Å². The lowest BCUT2D eigenvalue weighted by molar-refractivity contribution is -0.0208. The standard InChI is InChI=1S/C19H24FN3O4/c1-11(2)13-9-14(22-21-13)19(25)23-7-6-16(15(24)10-23)27-17-5-4-12(20)8-18(17)26-3/h4-5,8-9,11,15-16,24H,6-7,10H2,1-3H3,(H,21,22)/t15-,16-/m1/s1. The van der Waals surface area contributed by atoms with E-state index in [4.69, 9.17) is 9.47 Å². The number of ether oxygens (including phenoxy) is 2. The molecule has 146 valence electrons. The topological polar surface area (TPSA) is 87.7 Å². The molecule has 1 aromatic carbocycles. The number of amides is 1. The number of β-amino-alcohol motifs (C(OH)–C–C–N with tert-alkyl or cyclic N) is 1. The van der Waals surface area contributed by atoms with Crippen LogP contribution in [0.3, 0.4) is 0 Å². The summed E-state index contributed by atoms with van der Waals surface area (Å²) in [5.74, 6) is 0.208. The molecular weight excluding hydrogens is 353 g/mol. The molecule has 0 aliphatic carbocycles. The number of carbonyl (C=O) groups excluding carboxylic acids is 1. The molecule has 0 saturated carbocycles. The average Bonchev–Trinajstić information content (AvgIpc) is 3.14. The fraction of sp³-hybridized carbons (Fsp3) is 0.474. The van der Waals surface area contributed by atoms with Gasteiger partial charge >= 0.3 is 0 Å². The number of H-pyrrole nitrogens is 1. The highest BCUT2D eigenvalue weighted by molar-refractivity contribution is 5.92. The third kappa shape index (κ3) is 4.21. The Hall–Kier alpha value is -2.61. The first-order valence-electron chi connectivity index (χ1n) is 8.92. The van der Waals surface area contributed by atoms with Crippen LogP contribution in [0.1, 0.15) is 42.4 Å². The molecule has 0 radical (unpaired) electrons. The second-order valence-corrected chi connectivity index (χ2v) is 6.92. The molecule has 1 aliphatic rings. The number of aliphatic hydroxyl groups excluding tert-OH is 1. The number of aliphatic hydroxyl groups is 1. The maximum Gasteiger partial charge on any atom is 0.274 e. The van der Waals surface area contributed by atoms with Crippen molar-refractivity contribution in [3.8, 4) is 11.5 Å². The van der Waals surface area contributed by atoms with Gasteiger partial charge in [-0.05, 0) is 24.1 Å². The Labute approximate surface area is 157 Å². The van der Waals surface area contributed by atoms with Crippen molar-refractivity contribution in [3.63, 3.8) is 0 Å². The lowest BCUT2D eigenvalue weighted by atomic mass is 10.0. The van der Waals surface area contributed by atoms with E-state index in [2.05, 4.69) is 10.2 Å². The summed E-state index contributed by atoms with van der Waals surface area (Å²) in [4.78, 5) is 14.2. The summed E-state index contributed by atoms with van der Waals surface area (Å²) >= 11 is 0. The zero-order valence-electron chi connectivity index (χ0n) is 15.6. The number of aromatic nitrogens is 2. The van der Waals surface area contributed by atoms with Gasteiger partial charge in [0.05, 0.1) is 13.7 Å². The van der Waals surface area contributed by atoms with E-state index < -0.39 is 18.0 Å². The molecule has 1 aliphatic heterocycles. The number of benzene rings is 1. The minimum absolute atomic E-state index is 0.136. The van der Waals surface area contributed by atoms with Crippen molar-refractivity contribution in [2.24, 2.45) is 0 Å². The fourth-order valence-corrected chi connectivity index (χ4v) is 3.04. The molecule has 0 bridgehead atoms. The Bertz CT molecular complexity index is 808. The van der Waals surface area contributed by atoms with E-state index in [-0.39, 0.29) is 24.1 Å². The predicted molar refractivity (Wildman–Crippen MR) is 96.6 cm³/mol. The molecule has 2 N–H and O–H groups in total. The van der Waals surface area contributed by atoms with Crippen LogP contribution in [0, 0.1) is 5.82 Å². The molecule has 2 aromatic rings. The lowest BCUT2D eigenvalue weighted by Gasteiger charge is -2.35. The summed E-state index contributed by atoms with van der Waals surface area (Å²) in [6.07, 6.45) is -0.950. The Morgan fingerprint density at radius 3 is 2.78 bits per heavy atom. The highest BCUT2D eigenvalue weighted by Gasteiger charge is 2.33. The van der Waals surface area contributed by atoms with Crippen molar-refractivity contribution in [2.45, 2.75) is 38.4 Å². The molecule has 0 unspecified atom stereocenters. The van der Waals surface area contributed by atoms with Crippen molar-refractivity contribution in [1.82, 2.24) is 15.1 Å². The van der Waals surface area contributed by atoms with E-state index >= 15 is 0 Å². The molecule has 1 aromatic heterocycles. The van der Waals surface area contributed by atoms with Crippen LogP contribution in [-0.2, 0) is 0 Å². The molecule has 3 rings (SSSR count). The third-order valence-electron chi connectivity index (χ3n) is 4.65. The Kier molecular flexibility index (Phi) is 5.65. The highest BCUT2D eigenvalue weighted by Crippen LogP contribution is 2.30. The van der Waals surface area contributed by atoms with Gasteiger partial charge < -0.3 is 19.5 Å². The first-order chi connectivity index (χ1) is 12.9. The first-order valence-corrected chi connectivity index (χ1v) is 8.92. The lowest BCUT2D eigenvalue weighted by Crippen LogP contribution is -2.51. The maximum absolute atomic E-state index is 13.3. The Balaban J connectivity index is 1.64. The molecule has 1 fully saturated rings. The van der Waals surface area contributed by atoms with Crippen LogP contribution in [0.4, 0.5) is 4.39 Å². The van der Waals surface area contributed by atoms with E-state index in [0.29, 0.717) is 24.4 Å². The van der Waals surface area contributed by atoms with Gasteiger partial charge in [-0.25, -0.2) is 4.39 Å². The number of hydrogen-bond donors (Lipinski definition) is 2. The number of halogens is 1. The molecule has 27 heavy (non-hydrogen) atoms. The number of rotatable bonds is 5. The molecular formula is C19H24FN3O4. The van der Waals surface area contributed by atoms with Crippen LogP contribution in [0.5, 0.6) is 11.5 Å². The van der Waals surface area contributed by atoms with Crippen molar-refractivity contribution in [2.75, 3.05) is 20.2 Å². The van der Waals surface area contributed by atoms with Crippen LogP contribution in [-0.4, -0.2) is 58.5 Å². The summed E-state index contributed by atoms with van der Waals surface area (Å²) < 4.78 is 24.2. The minimum Gasteiger partial charge on any atom is -0.493 e. The highest BCUT2D eigenvalue weighted by atomic mass is 19.1. The monoisotopic (exact) mass is 377 g/mol. The van der Waals surface area contributed by atoms with Crippen LogP contribution < -0.4 is 9.47 Å². The summed E-state index contributed by atoms with van der Waals surface area (Å²) in [5, 5.41) is 17.4. The summed E-state index contributed by atoms with van der Waals surface area (Å²) in [6.45, 7) is 4.58. The van der Waals surface area contributed by atoms with Gasteiger partial charge in [0.1, 0.15) is 23.7 Å². The fourth-order valence-electron chi connectivity index (χ4n) is 3.04. The van der Waals surface area contributed by atoms with Crippen molar-refractivity contribution >= 4 is 5.91 Å². The predicted octanol–water partition coefficient (Wildman–Crippen LogP) is 2.34. The second kappa shape index (κ2) is 7.96. The van der Waals surface area contributed by atoms with E-state index in [0.717, 1.165) is 5.69 Å². The van der Waals surface area contributed by atoms with Gasteiger partial charge in [0.15, 0.2) is 11.5 Å². The van der Waals surface area contributed by atoms with Gasteiger partial charge in [-0.1, -0.05) is 13.8 Å². The van der Waals surface area contributed by atoms with E-state index in [1.807, 2.05) is 13.8 Å². The zero-order chi connectivity index (χ0) is 19.6. The van der Waals surface area contributed by atoms with Gasteiger partial charge in [0.25, 0.3) is 5.91 Å². The van der Waals surface area contributed by atoms with Crippen molar-refractivity contribution < 1.29 is 23.8 Å². The number of methoxy groups -OCH3 is 1. The smallest absolute Gasteiger partial charge is 0.274 e. The zero-order valence-corrected chi connectivity index (χ0v) is 15.6. The second-order valence-electron chi connectivity index (χ2n) is 6.92. The van der Waals surface area contributed by atoms with Crippen LogP contribution in [0.2, 0.25) is 0 Å². The Morgan fingerprint density at radius 1 is 1.37 bits per heavy atom. The quantitative estimate of drug-likeness (QED) is 0.835. The molecule has 2 atom stereocenters. The molecule has 8 heteroatoms. The Morgan fingerprint density at radius 2 is 2.15 bits per heavy atom. The molecule has 7 nitrogen and oxygen atoms in total. The molecule has 0 spiro atoms. The number of carbonyl (C=O) groups is 1. The normalized spacial score (nSPS) is 20.0. The van der Waals surface area contributed by atoms with Gasteiger partial charge in [-0.2, -0.15) is 5.10 Å². The van der Waals surface area contributed by atoms with E-state index in [1.165, 1.54) is 25.3 Å². The number of hydrogen-bond acceptors (Lipinski definition) is 5. The van der Waals surface area contributed by atoms with Crippen molar-refractivity contribution in [1.29, 1.82) is 0 Å². The van der Waals surface area contributed by atoms with E-state index in [1.54, 1.807) is 11.0 Å². The van der Waals surface area contributed by atoms with Gasteiger partial charge in [-0.3, -0.25) is 9.89 Å². The van der Waals surface area contributed by atoms with Crippen LogP contribution in [0.15, 0.2) is 24.3 Å².